The number of rotatable bonds is 30. The molecule has 0 bridgehead atoms. The molecule has 3 aliphatic heterocycles. The molecule has 11 nitrogen and oxygen atoms in total. The van der Waals surface area contributed by atoms with Crippen molar-refractivity contribution in [3.8, 4) is 0 Å². The summed E-state index contributed by atoms with van der Waals surface area (Å²) in [5, 5.41) is 0. The van der Waals surface area contributed by atoms with E-state index in [4.69, 9.17) is 48.8 Å². The van der Waals surface area contributed by atoms with Gasteiger partial charge in [0.25, 0.3) is 0 Å². The minimum absolute atomic E-state index is 0.246. The van der Waals surface area contributed by atoms with Crippen molar-refractivity contribution in [1.29, 1.82) is 0 Å². The Morgan fingerprint density at radius 1 is 0.474 bits per heavy atom. The molecule has 9 rings (SSSR count). The quantitative estimate of drug-likeness (QED) is 0.0403. The van der Waals surface area contributed by atoms with Crippen LogP contribution >= 0.6 is 0 Å². The first-order chi connectivity index (χ1) is 38.3. The van der Waals surface area contributed by atoms with E-state index in [1.807, 2.05) is 123 Å². The van der Waals surface area contributed by atoms with Crippen LogP contribution in [0.1, 0.15) is 93.2 Å². The van der Waals surface area contributed by atoms with Gasteiger partial charge in [-0.2, -0.15) is 0 Å². The zero-order chi connectivity index (χ0) is 53.8. The van der Waals surface area contributed by atoms with Crippen LogP contribution in [0.3, 0.4) is 0 Å². The normalized spacial score (nSPS) is 24.5. The van der Waals surface area contributed by atoms with Crippen molar-refractivity contribution in [2.24, 2.45) is 0 Å². The van der Waals surface area contributed by atoms with E-state index >= 15 is 0 Å². The van der Waals surface area contributed by atoms with Crippen molar-refractivity contribution in [3.05, 3.63) is 215 Å². The second kappa shape index (κ2) is 29.9. The zero-order valence-corrected chi connectivity index (χ0v) is 49.0. The van der Waals surface area contributed by atoms with Gasteiger partial charge in [-0.15, -0.1) is 0 Å². The molecule has 0 amide bonds. The van der Waals surface area contributed by atoms with Gasteiger partial charge in [0.15, 0.2) is 0 Å². The third kappa shape index (κ3) is 16.9. The standard InChI is InChI=1S/C58H64O11.2C4H9.Sn/c1-58(2)67-41-51(69-58)55(64-37-45-27-15-6-16-28-45)56(65-38-46-29-17-7-18-30-46)52(60)48(59)33-49-53(62-35-43-23-11-4-12-24-43)57(66-39-47-31-19-8-20-32-47)54(63-36-44-25-13-5-14-26-44)50(68-49)40-61-34-42-21-9-3-10-22-42;2*1-3-4-2;/h3-32,48-57H,33-41H2,1-2H3;2*1,3-4H2,2H3;/q-2;;;+2/t48-,49-,50-,51+,52-,53+,54-,55-,56-,57-;;;/m1.../s1. The first-order valence-electron chi connectivity index (χ1n) is 28.5. The summed E-state index contributed by atoms with van der Waals surface area (Å²) in [6.07, 6.45) is -1.23. The fourth-order valence-corrected chi connectivity index (χ4v) is 22.7. The zero-order valence-electron chi connectivity index (χ0n) is 46.2. The van der Waals surface area contributed by atoms with Gasteiger partial charge in [0, 0.05) is 0 Å². The molecule has 416 valence electrons. The second-order valence-electron chi connectivity index (χ2n) is 21.5. The van der Waals surface area contributed by atoms with Crippen LogP contribution in [0.25, 0.3) is 0 Å². The van der Waals surface area contributed by atoms with E-state index in [9.17, 15) is 0 Å². The van der Waals surface area contributed by atoms with Crippen LogP contribution in [-0.4, -0.2) is 99.2 Å². The van der Waals surface area contributed by atoms with Crippen LogP contribution in [0.2, 0.25) is 8.87 Å². The first-order valence-corrected chi connectivity index (χ1v) is 34.9. The van der Waals surface area contributed by atoms with E-state index in [0.717, 1.165) is 67.9 Å². The van der Waals surface area contributed by atoms with Crippen LogP contribution in [0.5, 0.6) is 0 Å². The average Bonchev–Trinajstić information content (AvgIpc) is 4.05. The first kappa shape index (κ1) is 58.3. The van der Waals surface area contributed by atoms with Crippen molar-refractivity contribution in [2.75, 3.05) is 13.2 Å². The van der Waals surface area contributed by atoms with Gasteiger partial charge < -0.3 is 0 Å². The molecule has 6 aromatic rings. The predicted octanol–water partition coefficient (Wildman–Crippen LogP) is 13.3. The van der Waals surface area contributed by atoms with Crippen LogP contribution < -0.4 is 0 Å². The van der Waals surface area contributed by atoms with Crippen molar-refractivity contribution in [1.82, 2.24) is 0 Å². The fourth-order valence-electron chi connectivity index (χ4n) is 10.9. The van der Waals surface area contributed by atoms with E-state index < -0.39 is 86.0 Å². The van der Waals surface area contributed by atoms with Gasteiger partial charge in [-0.25, -0.2) is 0 Å². The fraction of sp³-hybridized carbons (Fsp3) is 0.455. The van der Waals surface area contributed by atoms with E-state index in [-0.39, 0.29) is 6.61 Å². The summed E-state index contributed by atoms with van der Waals surface area (Å²) in [5.74, 6) is -0.828. The molecule has 78 heavy (non-hydrogen) atoms. The molecule has 3 aliphatic rings. The van der Waals surface area contributed by atoms with E-state index in [1.54, 1.807) is 0 Å². The molecule has 0 saturated carbocycles. The minimum atomic E-state index is -3.99. The Hall–Kier alpha value is -4.32. The Balaban J connectivity index is 1.14. The molecule has 0 radical (unpaired) electrons. The summed E-state index contributed by atoms with van der Waals surface area (Å²) < 4.78 is 81.0. The van der Waals surface area contributed by atoms with Gasteiger partial charge in [0.1, 0.15) is 0 Å². The van der Waals surface area contributed by atoms with Gasteiger partial charge in [-0.05, 0) is 0 Å². The average molecular weight is 1170 g/mol. The molecule has 12 heteroatoms. The monoisotopic (exact) mass is 1170 g/mol. The molecular formula is C66H82O11Sn. The number of hydrogen-bond donors (Lipinski definition) is 0. The summed E-state index contributed by atoms with van der Waals surface area (Å²) in [5.41, 5.74) is 6.28. The maximum absolute atomic E-state index is 7.86. The van der Waals surface area contributed by atoms with E-state index in [1.165, 1.54) is 0 Å². The Kier molecular flexibility index (Phi) is 22.4. The van der Waals surface area contributed by atoms with Gasteiger partial charge in [-0.1, -0.05) is 12.1 Å². The molecule has 0 N–H and O–H groups in total. The third-order valence-corrected chi connectivity index (χ3v) is 25.4. The molecule has 3 fully saturated rings. The molecule has 0 aromatic heterocycles. The van der Waals surface area contributed by atoms with Gasteiger partial charge in [-0.3, -0.25) is 0 Å². The van der Waals surface area contributed by atoms with Crippen molar-refractivity contribution >= 4 is 19.2 Å². The summed E-state index contributed by atoms with van der Waals surface area (Å²) in [4.78, 5) is 0. The van der Waals surface area contributed by atoms with Crippen LogP contribution in [0.4, 0.5) is 0 Å². The second-order valence-corrected chi connectivity index (χ2v) is 30.9. The molecule has 10 atom stereocenters. The summed E-state index contributed by atoms with van der Waals surface area (Å²) in [6, 6.07) is 61.7. The van der Waals surface area contributed by atoms with Gasteiger partial charge in [0.2, 0.25) is 0 Å². The summed E-state index contributed by atoms with van der Waals surface area (Å²) in [6.45, 7) is 11.1. The molecule has 0 unspecified atom stereocenters. The van der Waals surface area contributed by atoms with Crippen molar-refractivity contribution in [3.63, 3.8) is 0 Å². The number of unbranched alkanes of at least 4 members (excludes halogenated alkanes) is 2. The van der Waals surface area contributed by atoms with Crippen LogP contribution in [0, 0.1) is 0 Å². The number of hydrogen-bond acceptors (Lipinski definition) is 11. The Labute approximate surface area is 469 Å². The summed E-state index contributed by atoms with van der Waals surface area (Å²) >= 11 is -3.99. The topological polar surface area (TPSA) is 102 Å². The maximum atomic E-state index is 7.86. The van der Waals surface area contributed by atoms with Crippen LogP contribution in [-0.2, 0) is 88.4 Å². The van der Waals surface area contributed by atoms with Crippen LogP contribution in [0.15, 0.2) is 182 Å². The molecule has 3 heterocycles. The molecule has 0 spiro atoms. The van der Waals surface area contributed by atoms with Crippen molar-refractivity contribution < 1.29 is 48.8 Å². The van der Waals surface area contributed by atoms with Gasteiger partial charge >= 0.3 is 460 Å². The third-order valence-electron chi connectivity index (χ3n) is 15.0. The van der Waals surface area contributed by atoms with Gasteiger partial charge in [0.05, 0.1) is 0 Å². The number of benzene rings is 6. The SMILES string of the molecule is CCC[CH2][Sn]1([CH2]CCC)[O][C@@H]([C@@H](OCc2ccccc2)[C@H](OCc2ccccc2)[C@@H]2COC(C)(C)O2)[C@@H](C[C@H]2O[C@H](COCc3ccccc3)[C@@H](OCc3ccccc3)[C@H](OCc3ccccc3)[C@H]2OCc2ccccc2)[O]1. The summed E-state index contributed by atoms with van der Waals surface area (Å²) in [7, 11) is 0. The Bertz CT molecular complexity index is 2570. The number of ether oxygens (including phenoxy) is 9. The molecule has 3 saturated heterocycles. The molecular weight excluding hydrogens is 1090 g/mol. The van der Waals surface area contributed by atoms with E-state index in [2.05, 4.69) is 86.6 Å². The van der Waals surface area contributed by atoms with Crippen molar-refractivity contribution in [2.45, 2.75) is 175 Å². The predicted molar refractivity (Wildman–Crippen MR) is 304 cm³/mol. The Morgan fingerprint density at radius 2 is 0.885 bits per heavy atom. The molecule has 0 aliphatic carbocycles. The Morgan fingerprint density at radius 3 is 1.32 bits per heavy atom. The van der Waals surface area contributed by atoms with E-state index in [0.29, 0.717) is 52.7 Å². The molecule has 6 aromatic carbocycles.